The molecule has 0 N–H and O–H groups in total. The molecule has 1 aliphatic carbocycles. The van der Waals surface area contributed by atoms with Gasteiger partial charge in [-0.15, -0.1) is 0 Å². The summed E-state index contributed by atoms with van der Waals surface area (Å²) in [5, 5.41) is 0.647. The van der Waals surface area contributed by atoms with Crippen LogP contribution in [-0.2, 0) is 10.8 Å². The van der Waals surface area contributed by atoms with Crippen LogP contribution in [0.15, 0.2) is 87.2 Å². The van der Waals surface area contributed by atoms with E-state index in [4.69, 9.17) is 27.8 Å². The number of halogens is 6. The van der Waals surface area contributed by atoms with Gasteiger partial charge in [0, 0.05) is 46.5 Å². The fourth-order valence-corrected chi connectivity index (χ4v) is 6.57. The molecule has 0 saturated carbocycles. The molecule has 0 aliphatic heterocycles. The van der Waals surface area contributed by atoms with Gasteiger partial charge in [-0.2, -0.15) is 26.3 Å². The molecule has 7 rings (SSSR count). The highest BCUT2D eigenvalue weighted by molar-refractivity contribution is 6.05. The van der Waals surface area contributed by atoms with Gasteiger partial charge in [0.1, 0.15) is 46.0 Å². The van der Waals surface area contributed by atoms with Crippen molar-refractivity contribution in [1.82, 2.24) is 0 Å². The van der Waals surface area contributed by atoms with Crippen LogP contribution < -0.4 is 18.9 Å². The van der Waals surface area contributed by atoms with E-state index in [1.165, 1.54) is 37.5 Å². The van der Waals surface area contributed by atoms with E-state index in [0.717, 1.165) is 10.9 Å². The SMILES string of the molecule is COc1cc(OC)c2c#coc2c1.COc1cc(OC)c2c(C3=C(C)C(F)(F)C(F)(F)C3(F)F)c(-c3ccc(C(C)(C)C)cc3)oc2c1.Cc1ccc(C(C)(C)C)cc1. The molecule has 1 aliphatic rings. The van der Waals surface area contributed by atoms with E-state index in [1.807, 2.05) is 20.8 Å². The highest BCUT2D eigenvalue weighted by Gasteiger charge is 2.79. The van der Waals surface area contributed by atoms with Crippen LogP contribution in [0.5, 0.6) is 23.0 Å². The van der Waals surface area contributed by atoms with Crippen molar-refractivity contribution < 1.29 is 54.1 Å². The van der Waals surface area contributed by atoms with Gasteiger partial charge in [0.2, 0.25) is 0 Å². The Morgan fingerprint density at radius 2 is 1.08 bits per heavy atom. The maximum atomic E-state index is 15.1. The molecule has 4 aromatic carbocycles. The molecule has 0 spiro atoms. The monoisotopic (exact) mass is 822 g/mol. The Balaban J connectivity index is 0.000000222. The first kappa shape index (κ1) is 44.4. The third kappa shape index (κ3) is 8.30. The predicted octanol–water partition coefficient (Wildman–Crippen LogP) is 13.5. The number of fused-ring (bicyclic) bond motifs is 2. The van der Waals surface area contributed by atoms with Crippen LogP contribution in [0.2, 0.25) is 0 Å². The number of hydrogen-bond donors (Lipinski definition) is 0. The number of methoxy groups -OCH3 is 4. The van der Waals surface area contributed by atoms with Crippen molar-refractivity contribution in [2.75, 3.05) is 28.4 Å². The highest BCUT2D eigenvalue weighted by Crippen LogP contribution is 2.64. The average molecular weight is 823 g/mol. The number of rotatable bonds is 6. The van der Waals surface area contributed by atoms with Crippen molar-refractivity contribution in [3.8, 4) is 34.3 Å². The molecule has 0 fully saturated rings. The molecular weight excluding hydrogens is 774 g/mol. The van der Waals surface area contributed by atoms with Gasteiger partial charge in [-0.3, -0.25) is 0 Å². The zero-order valence-electron chi connectivity index (χ0n) is 35.1. The second-order valence-corrected chi connectivity index (χ2v) is 16.2. The van der Waals surface area contributed by atoms with Crippen molar-refractivity contribution in [2.24, 2.45) is 0 Å². The Labute approximate surface area is 340 Å². The number of ether oxygens (including phenoxy) is 4. The Morgan fingerprint density at radius 1 is 0.593 bits per heavy atom. The summed E-state index contributed by atoms with van der Waals surface area (Å²) in [6.45, 7) is 15.3. The van der Waals surface area contributed by atoms with Crippen LogP contribution in [0.25, 0.3) is 38.8 Å². The number of furan rings is 1. The normalized spacial score (nSPS) is 15.5. The first-order chi connectivity index (χ1) is 27.4. The van der Waals surface area contributed by atoms with Crippen LogP contribution in [-0.4, -0.2) is 46.2 Å². The van der Waals surface area contributed by atoms with Crippen molar-refractivity contribution in [3.05, 3.63) is 113 Å². The van der Waals surface area contributed by atoms with E-state index < -0.39 is 34.5 Å². The molecule has 314 valence electrons. The summed E-state index contributed by atoms with van der Waals surface area (Å²) in [5.41, 5.74) is 1.10. The number of hydrogen-bond acceptors (Lipinski definition) is 6. The van der Waals surface area contributed by atoms with Gasteiger partial charge in [-0.1, -0.05) is 95.6 Å². The van der Waals surface area contributed by atoms with Crippen LogP contribution in [0.1, 0.15) is 70.7 Å². The summed E-state index contributed by atoms with van der Waals surface area (Å²) in [5.74, 6) is -14.6. The predicted molar refractivity (Wildman–Crippen MR) is 218 cm³/mol. The van der Waals surface area contributed by atoms with Gasteiger partial charge in [0.15, 0.2) is 5.58 Å². The minimum atomic E-state index is -5.63. The molecule has 0 amide bonds. The quantitative estimate of drug-likeness (QED) is 0.156. The van der Waals surface area contributed by atoms with E-state index in [-0.39, 0.29) is 44.6 Å². The molecule has 0 radical (unpaired) electrons. The van der Waals surface area contributed by atoms with Crippen molar-refractivity contribution in [3.63, 3.8) is 0 Å². The van der Waals surface area contributed by atoms with E-state index in [1.54, 1.807) is 50.6 Å². The largest absolute Gasteiger partial charge is 0.496 e. The Hall–Kier alpha value is -5.70. The maximum absolute atomic E-state index is 15.1. The highest BCUT2D eigenvalue weighted by atomic mass is 19.3. The summed E-state index contributed by atoms with van der Waals surface area (Å²) >= 11 is 0. The number of alkyl halides is 6. The van der Waals surface area contributed by atoms with Crippen LogP contribution >= 0.6 is 0 Å². The van der Waals surface area contributed by atoms with Crippen LogP contribution in [0.3, 0.4) is 0 Å². The van der Waals surface area contributed by atoms with Gasteiger partial charge in [-0.05, 0) is 41.9 Å². The molecular formula is C47H48F6O6. The van der Waals surface area contributed by atoms with Crippen LogP contribution in [0.4, 0.5) is 26.3 Å². The lowest BCUT2D eigenvalue weighted by Gasteiger charge is -2.25. The third-order valence-corrected chi connectivity index (χ3v) is 10.1. The Kier molecular flexibility index (Phi) is 12.2. The Bertz CT molecular complexity index is 2440. The minimum absolute atomic E-state index is 0.0410. The topological polar surface area (TPSA) is 63.2 Å². The summed E-state index contributed by atoms with van der Waals surface area (Å²) in [6, 6.07) is 24.4. The molecule has 6 nitrogen and oxygen atoms in total. The van der Waals surface area contributed by atoms with Gasteiger partial charge in [0.25, 0.3) is 0 Å². The smallest absolute Gasteiger partial charge is 0.380 e. The lowest BCUT2D eigenvalue weighted by atomic mass is 9.86. The fourth-order valence-electron chi connectivity index (χ4n) is 6.57. The van der Waals surface area contributed by atoms with Crippen molar-refractivity contribution in [1.29, 1.82) is 0 Å². The second-order valence-electron chi connectivity index (χ2n) is 16.2. The zero-order chi connectivity index (χ0) is 43.9. The fraction of sp³-hybridized carbons (Fsp3) is 0.362. The summed E-state index contributed by atoms with van der Waals surface area (Å²) in [4.78, 5) is 0. The molecule has 12 heteroatoms. The van der Waals surface area contributed by atoms with E-state index in [0.29, 0.717) is 24.0 Å². The van der Waals surface area contributed by atoms with E-state index in [2.05, 4.69) is 64.3 Å². The summed E-state index contributed by atoms with van der Waals surface area (Å²) in [7, 11) is 5.78. The number of aryl methyl sites for hydroxylation is 1. The van der Waals surface area contributed by atoms with Crippen molar-refractivity contribution in [2.45, 2.75) is 84.0 Å². The molecule has 0 atom stereocenters. The van der Waals surface area contributed by atoms with E-state index in [9.17, 15) is 17.6 Å². The summed E-state index contributed by atoms with van der Waals surface area (Å²) < 4.78 is 120. The van der Waals surface area contributed by atoms with Gasteiger partial charge in [0.05, 0.1) is 33.8 Å². The average Bonchev–Trinajstić information content (AvgIpc) is 3.84. The molecule has 0 bridgehead atoms. The second kappa shape index (κ2) is 16.2. The summed E-state index contributed by atoms with van der Waals surface area (Å²) in [6.07, 6.45) is 2.53. The molecule has 2 heterocycles. The van der Waals surface area contributed by atoms with Gasteiger partial charge < -0.3 is 27.8 Å². The Morgan fingerprint density at radius 3 is 1.54 bits per heavy atom. The maximum Gasteiger partial charge on any atom is 0.380 e. The molecule has 0 unspecified atom stereocenters. The zero-order valence-corrected chi connectivity index (χ0v) is 35.1. The number of allylic oxidation sites excluding steroid dienone is 2. The molecule has 2 aromatic heterocycles. The first-order valence-corrected chi connectivity index (χ1v) is 18.6. The van der Waals surface area contributed by atoms with Gasteiger partial charge >= 0.3 is 17.8 Å². The lowest BCUT2D eigenvalue weighted by Crippen LogP contribution is -2.48. The molecule has 6 aromatic rings. The van der Waals surface area contributed by atoms with Crippen LogP contribution in [0, 0.1) is 19.3 Å². The minimum Gasteiger partial charge on any atom is -0.496 e. The van der Waals surface area contributed by atoms with Gasteiger partial charge in [-0.25, -0.2) is 0 Å². The first-order valence-electron chi connectivity index (χ1n) is 18.6. The molecule has 59 heavy (non-hydrogen) atoms. The lowest BCUT2D eigenvalue weighted by molar-refractivity contribution is -0.259. The van der Waals surface area contributed by atoms with Crippen molar-refractivity contribution >= 4 is 27.5 Å². The molecule has 0 saturated heterocycles. The standard InChI is InChI=1S/C26H24F6O3.C11H16.C10H8O3/c1-13-21(25(29,30)26(31,32)24(13,27)28)20-19-17(34-6)11-16(33-5)12-18(19)35-22(20)14-7-9-15(10-8-14)23(2,3)4;1-9-5-7-10(8-6-9)11(2,3)4;1-11-7-5-9(12-2)8-3-4-13-10(8)6-7/h7-12H,1-6H3;5-8H,1-4H3;5-6H,1-2H3. The number of benzene rings is 4. The van der Waals surface area contributed by atoms with E-state index >= 15 is 8.78 Å². The third-order valence-electron chi connectivity index (χ3n) is 10.1.